The standard InChI is InChI=1S/C20H17NO5/c1-21-5-4-11-6-15-16(25-9-24-15)7-13(11)20(21)8-12-2-3-14-18(26-10-23-14)17(12)19(20)22/h2-3,6-7H,4-5,8-10H2,1H3. The van der Waals surface area contributed by atoms with Gasteiger partial charge >= 0.3 is 0 Å². The van der Waals surface area contributed by atoms with Crippen molar-refractivity contribution >= 4 is 5.78 Å². The molecule has 3 aliphatic heterocycles. The van der Waals surface area contributed by atoms with Gasteiger partial charge in [-0.25, -0.2) is 0 Å². The van der Waals surface area contributed by atoms with E-state index in [4.69, 9.17) is 18.9 Å². The summed E-state index contributed by atoms with van der Waals surface area (Å²) in [5.74, 6) is 2.80. The number of ketones is 1. The van der Waals surface area contributed by atoms with E-state index in [9.17, 15) is 4.79 Å². The molecule has 0 saturated carbocycles. The van der Waals surface area contributed by atoms with Gasteiger partial charge in [0.05, 0.1) is 5.56 Å². The molecule has 2 aromatic carbocycles. The quantitative estimate of drug-likeness (QED) is 0.726. The van der Waals surface area contributed by atoms with Crippen molar-refractivity contribution in [1.29, 1.82) is 0 Å². The van der Waals surface area contributed by atoms with Crippen LogP contribution in [0, 0.1) is 0 Å². The molecule has 6 rings (SSSR count). The van der Waals surface area contributed by atoms with Crippen molar-refractivity contribution in [2.75, 3.05) is 27.2 Å². The predicted octanol–water partition coefficient (Wildman–Crippen LogP) is 2.27. The van der Waals surface area contributed by atoms with E-state index < -0.39 is 5.54 Å². The maximum atomic E-state index is 13.8. The second kappa shape index (κ2) is 4.71. The summed E-state index contributed by atoms with van der Waals surface area (Å²) in [7, 11) is 2.02. The first-order valence-electron chi connectivity index (χ1n) is 8.79. The van der Waals surface area contributed by atoms with Crippen LogP contribution in [0.2, 0.25) is 0 Å². The molecule has 1 spiro atoms. The third-order valence-electron chi connectivity index (χ3n) is 6.09. The summed E-state index contributed by atoms with van der Waals surface area (Å²) < 4.78 is 22.2. The Bertz CT molecular complexity index is 985. The number of fused-ring (bicyclic) bond motifs is 6. The third-order valence-corrected chi connectivity index (χ3v) is 6.09. The number of Topliss-reactive ketones (excluding diaryl/α,β-unsaturated/α-hetero) is 1. The van der Waals surface area contributed by atoms with E-state index in [1.54, 1.807) is 0 Å². The van der Waals surface area contributed by atoms with Crippen molar-refractivity contribution < 1.29 is 23.7 Å². The summed E-state index contributed by atoms with van der Waals surface area (Å²) in [4.78, 5) is 15.9. The SMILES string of the molecule is CN1CCc2cc3c(cc2C12Cc1ccc4c(c1C2=O)OCO4)OCO3. The van der Waals surface area contributed by atoms with E-state index in [1.807, 2.05) is 31.3 Å². The van der Waals surface area contributed by atoms with E-state index in [0.717, 1.165) is 35.4 Å². The molecule has 0 amide bonds. The summed E-state index contributed by atoms with van der Waals surface area (Å²) >= 11 is 0. The van der Waals surface area contributed by atoms with Crippen molar-refractivity contribution in [3.63, 3.8) is 0 Å². The van der Waals surface area contributed by atoms with Crippen LogP contribution in [0.5, 0.6) is 23.0 Å². The Hall–Kier alpha value is -2.73. The number of carbonyl (C=O) groups is 1. The first kappa shape index (κ1) is 14.4. The van der Waals surface area contributed by atoms with Crippen LogP contribution in [-0.4, -0.2) is 37.9 Å². The second-order valence-corrected chi connectivity index (χ2v) is 7.23. The van der Waals surface area contributed by atoms with E-state index >= 15 is 0 Å². The van der Waals surface area contributed by atoms with Gasteiger partial charge < -0.3 is 18.9 Å². The summed E-state index contributed by atoms with van der Waals surface area (Å²) in [6.07, 6.45) is 1.51. The summed E-state index contributed by atoms with van der Waals surface area (Å²) in [5, 5.41) is 0. The smallest absolute Gasteiger partial charge is 0.231 e. The molecule has 4 aliphatic rings. The second-order valence-electron chi connectivity index (χ2n) is 7.23. The minimum atomic E-state index is -0.724. The highest BCUT2D eigenvalue weighted by molar-refractivity contribution is 6.11. The molecule has 0 radical (unpaired) electrons. The number of benzene rings is 2. The largest absolute Gasteiger partial charge is 0.454 e. The molecule has 132 valence electrons. The molecule has 1 aliphatic carbocycles. The highest BCUT2D eigenvalue weighted by Crippen LogP contribution is 2.52. The van der Waals surface area contributed by atoms with Gasteiger partial charge in [0.2, 0.25) is 13.6 Å². The highest BCUT2D eigenvalue weighted by Gasteiger charge is 2.54. The molecule has 0 fully saturated rings. The first-order chi connectivity index (χ1) is 12.7. The molecule has 0 aromatic heterocycles. The molecule has 0 N–H and O–H groups in total. The van der Waals surface area contributed by atoms with Crippen LogP contribution < -0.4 is 18.9 Å². The van der Waals surface area contributed by atoms with E-state index in [-0.39, 0.29) is 19.4 Å². The van der Waals surface area contributed by atoms with Crippen molar-refractivity contribution in [3.8, 4) is 23.0 Å². The predicted molar refractivity (Wildman–Crippen MR) is 91.2 cm³/mol. The van der Waals surface area contributed by atoms with Crippen LogP contribution in [0.15, 0.2) is 24.3 Å². The number of ether oxygens (including phenoxy) is 4. The normalized spacial score (nSPS) is 24.9. The number of hydrogen-bond donors (Lipinski definition) is 0. The summed E-state index contributed by atoms with van der Waals surface area (Å²) in [5.41, 5.74) is 3.12. The molecule has 2 aromatic rings. The lowest BCUT2D eigenvalue weighted by Crippen LogP contribution is -2.52. The highest BCUT2D eigenvalue weighted by atomic mass is 16.7. The minimum absolute atomic E-state index is 0.0807. The van der Waals surface area contributed by atoms with Gasteiger partial charge in [0, 0.05) is 13.0 Å². The number of likely N-dealkylation sites (N-methyl/N-ethyl adjacent to an activating group) is 1. The lowest BCUT2D eigenvalue weighted by molar-refractivity contribution is 0.0613. The van der Waals surface area contributed by atoms with Gasteiger partial charge in [-0.1, -0.05) is 6.07 Å². The van der Waals surface area contributed by atoms with Crippen LogP contribution >= 0.6 is 0 Å². The Balaban J connectivity index is 1.58. The third kappa shape index (κ3) is 1.58. The Labute approximate surface area is 150 Å². The van der Waals surface area contributed by atoms with Crippen molar-refractivity contribution in [2.45, 2.75) is 18.4 Å². The average molecular weight is 351 g/mol. The molecule has 6 heteroatoms. The molecule has 0 bridgehead atoms. The lowest BCUT2D eigenvalue weighted by Gasteiger charge is -2.42. The molecular weight excluding hydrogens is 334 g/mol. The maximum absolute atomic E-state index is 13.8. The molecular formula is C20H17NO5. The fourth-order valence-electron chi connectivity index (χ4n) is 4.76. The molecule has 26 heavy (non-hydrogen) atoms. The minimum Gasteiger partial charge on any atom is -0.454 e. The number of rotatable bonds is 0. The Kier molecular flexibility index (Phi) is 2.61. The van der Waals surface area contributed by atoms with Crippen LogP contribution in [0.1, 0.15) is 27.0 Å². The van der Waals surface area contributed by atoms with Crippen LogP contribution in [0.25, 0.3) is 0 Å². The average Bonchev–Trinajstić information content (AvgIpc) is 3.35. The summed E-state index contributed by atoms with van der Waals surface area (Å²) in [6, 6.07) is 7.92. The Morgan fingerprint density at radius 2 is 1.73 bits per heavy atom. The number of hydrogen-bond acceptors (Lipinski definition) is 6. The van der Waals surface area contributed by atoms with Crippen molar-refractivity contribution in [2.24, 2.45) is 0 Å². The summed E-state index contributed by atoms with van der Waals surface area (Å²) in [6.45, 7) is 1.21. The van der Waals surface area contributed by atoms with Gasteiger partial charge in [-0.15, -0.1) is 0 Å². The van der Waals surface area contributed by atoms with Crippen LogP contribution in [-0.2, 0) is 18.4 Å². The molecule has 1 atom stereocenters. The zero-order valence-corrected chi connectivity index (χ0v) is 14.3. The fourth-order valence-corrected chi connectivity index (χ4v) is 4.76. The van der Waals surface area contributed by atoms with Gasteiger partial charge in [-0.3, -0.25) is 9.69 Å². The van der Waals surface area contributed by atoms with E-state index in [0.29, 0.717) is 29.2 Å². The monoisotopic (exact) mass is 351 g/mol. The Morgan fingerprint density at radius 3 is 2.62 bits per heavy atom. The van der Waals surface area contributed by atoms with Gasteiger partial charge in [-0.2, -0.15) is 0 Å². The zero-order valence-electron chi connectivity index (χ0n) is 14.3. The molecule has 6 nitrogen and oxygen atoms in total. The molecule has 0 saturated heterocycles. The zero-order chi connectivity index (χ0) is 17.5. The van der Waals surface area contributed by atoms with Crippen LogP contribution in [0.3, 0.4) is 0 Å². The van der Waals surface area contributed by atoms with Crippen molar-refractivity contribution in [3.05, 3.63) is 46.5 Å². The van der Waals surface area contributed by atoms with Crippen molar-refractivity contribution in [1.82, 2.24) is 4.90 Å². The van der Waals surface area contributed by atoms with E-state index in [2.05, 4.69) is 4.90 Å². The molecule has 3 heterocycles. The van der Waals surface area contributed by atoms with Gasteiger partial charge in [-0.05, 0) is 48.4 Å². The first-order valence-corrected chi connectivity index (χ1v) is 8.79. The lowest BCUT2D eigenvalue weighted by atomic mass is 9.77. The Morgan fingerprint density at radius 1 is 0.962 bits per heavy atom. The molecule has 1 unspecified atom stereocenters. The van der Waals surface area contributed by atoms with Gasteiger partial charge in [0.1, 0.15) is 5.54 Å². The fraction of sp³-hybridized carbons (Fsp3) is 0.350. The van der Waals surface area contributed by atoms with Gasteiger partial charge in [0.25, 0.3) is 0 Å². The van der Waals surface area contributed by atoms with Crippen LogP contribution in [0.4, 0.5) is 0 Å². The topological polar surface area (TPSA) is 57.2 Å². The number of nitrogens with zero attached hydrogens (tertiary/aromatic N) is 1. The maximum Gasteiger partial charge on any atom is 0.231 e. The van der Waals surface area contributed by atoms with Gasteiger partial charge in [0.15, 0.2) is 28.8 Å². The number of carbonyl (C=O) groups excluding carboxylic acids is 1. The van der Waals surface area contributed by atoms with E-state index in [1.165, 1.54) is 0 Å².